The first-order valence-electron chi connectivity index (χ1n) is 6.13. The van der Waals surface area contributed by atoms with Gasteiger partial charge in [0.25, 0.3) is 0 Å². The normalized spacial score (nSPS) is 37.8. The molecular weight excluding hydrogens is 200 g/mol. The summed E-state index contributed by atoms with van der Waals surface area (Å²) in [4.78, 5) is 11.3. The lowest BCUT2D eigenvalue weighted by atomic mass is 9.59. The zero-order chi connectivity index (χ0) is 12.5. The molecule has 1 fully saturated rings. The Balaban J connectivity index is 2.77. The highest BCUT2D eigenvalue weighted by atomic mass is 16.5. The Morgan fingerprint density at radius 2 is 1.94 bits per heavy atom. The van der Waals surface area contributed by atoms with E-state index in [4.69, 9.17) is 4.74 Å². The van der Waals surface area contributed by atoms with Crippen molar-refractivity contribution in [1.29, 1.82) is 0 Å². The minimum absolute atomic E-state index is 0.0449. The Kier molecular flexibility index (Phi) is 3.82. The van der Waals surface area contributed by atoms with Crippen molar-refractivity contribution in [3.8, 4) is 0 Å². The monoisotopic (exact) mass is 224 g/mol. The van der Waals surface area contributed by atoms with Crippen LogP contribution in [-0.2, 0) is 9.53 Å². The SMILES string of the molecule is C=CC(=O)O[C@@H]1C[C@H](C)C(C)(C)[C@H](C)[C@H]1C. The smallest absolute Gasteiger partial charge is 0.330 e. The molecule has 4 atom stereocenters. The topological polar surface area (TPSA) is 26.3 Å². The molecule has 0 amide bonds. The van der Waals surface area contributed by atoms with E-state index in [1.807, 2.05) is 0 Å². The van der Waals surface area contributed by atoms with Crippen LogP contribution in [0.15, 0.2) is 12.7 Å². The van der Waals surface area contributed by atoms with Crippen LogP contribution in [0.1, 0.15) is 41.0 Å². The molecule has 1 saturated carbocycles. The third-order valence-corrected chi connectivity index (χ3v) is 4.84. The van der Waals surface area contributed by atoms with Gasteiger partial charge in [-0.05, 0) is 29.6 Å². The summed E-state index contributed by atoms with van der Waals surface area (Å²) in [5.41, 5.74) is 0.316. The summed E-state index contributed by atoms with van der Waals surface area (Å²) in [6.07, 6.45) is 2.25. The fraction of sp³-hybridized carbons (Fsp3) is 0.786. The minimum atomic E-state index is -0.295. The second-order valence-corrected chi connectivity index (χ2v) is 5.79. The largest absolute Gasteiger partial charge is 0.459 e. The predicted octanol–water partition coefficient (Wildman–Crippen LogP) is 3.42. The molecule has 1 rings (SSSR count). The van der Waals surface area contributed by atoms with Crippen LogP contribution in [0, 0.1) is 23.2 Å². The van der Waals surface area contributed by atoms with Gasteiger partial charge in [0.2, 0.25) is 0 Å². The maximum atomic E-state index is 11.3. The fourth-order valence-corrected chi connectivity index (χ4v) is 2.67. The van der Waals surface area contributed by atoms with Crippen molar-refractivity contribution in [2.75, 3.05) is 0 Å². The van der Waals surface area contributed by atoms with E-state index in [1.165, 1.54) is 6.08 Å². The molecule has 0 aliphatic heterocycles. The van der Waals surface area contributed by atoms with E-state index in [0.29, 0.717) is 23.2 Å². The van der Waals surface area contributed by atoms with Crippen molar-refractivity contribution in [3.05, 3.63) is 12.7 Å². The molecule has 0 bridgehead atoms. The summed E-state index contributed by atoms with van der Waals surface area (Å²) in [5.74, 6) is 1.24. The van der Waals surface area contributed by atoms with Crippen LogP contribution in [0.3, 0.4) is 0 Å². The van der Waals surface area contributed by atoms with Gasteiger partial charge in [0.15, 0.2) is 0 Å². The summed E-state index contributed by atoms with van der Waals surface area (Å²) < 4.78 is 5.43. The summed E-state index contributed by atoms with van der Waals surface area (Å²) in [5, 5.41) is 0. The summed E-state index contributed by atoms with van der Waals surface area (Å²) in [6.45, 7) is 14.7. The van der Waals surface area contributed by atoms with E-state index in [-0.39, 0.29) is 12.1 Å². The molecule has 16 heavy (non-hydrogen) atoms. The molecule has 2 nitrogen and oxygen atoms in total. The number of esters is 1. The van der Waals surface area contributed by atoms with Crippen molar-refractivity contribution in [2.24, 2.45) is 23.2 Å². The number of carbonyl (C=O) groups excluding carboxylic acids is 1. The molecule has 2 heteroatoms. The second-order valence-electron chi connectivity index (χ2n) is 5.79. The first kappa shape index (κ1) is 13.3. The first-order valence-corrected chi connectivity index (χ1v) is 6.13. The molecule has 0 spiro atoms. The van der Waals surface area contributed by atoms with Gasteiger partial charge >= 0.3 is 5.97 Å². The molecular formula is C14H24O2. The molecule has 1 aliphatic rings. The lowest BCUT2D eigenvalue weighted by Crippen LogP contribution is -2.46. The molecule has 0 aromatic carbocycles. The van der Waals surface area contributed by atoms with Crippen LogP contribution < -0.4 is 0 Å². The maximum absolute atomic E-state index is 11.3. The summed E-state index contributed by atoms with van der Waals surface area (Å²) >= 11 is 0. The third-order valence-electron chi connectivity index (χ3n) is 4.84. The van der Waals surface area contributed by atoms with Gasteiger partial charge in [-0.25, -0.2) is 4.79 Å². The molecule has 92 valence electrons. The van der Waals surface area contributed by atoms with E-state index < -0.39 is 0 Å². The number of carbonyl (C=O) groups is 1. The highest BCUT2D eigenvalue weighted by Crippen LogP contribution is 2.48. The van der Waals surface area contributed by atoms with Crippen LogP contribution >= 0.6 is 0 Å². The van der Waals surface area contributed by atoms with Gasteiger partial charge in [-0.3, -0.25) is 0 Å². The lowest BCUT2D eigenvalue weighted by Gasteiger charge is -2.49. The van der Waals surface area contributed by atoms with Crippen molar-refractivity contribution in [3.63, 3.8) is 0 Å². The fourth-order valence-electron chi connectivity index (χ4n) is 2.67. The van der Waals surface area contributed by atoms with E-state index in [1.54, 1.807) is 0 Å². The zero-order valence-electron chi connectivity index (χ0n) is 11.1. The molecule has 1 aliphatic carbocycles. The van der Waals surface area contributed by atoms with E-state index in [2.05, 4.69) is 41.2 Å². The summed E-state index contributed by atoms with van der Waals surface area (Å²) in [6, 6.07) is 0. The number of hydrogen-bond acceptors (Lipinski definition) is 2. The number of ether oxygens (including phenoxy) is 1. The van der Waals surface area contributed by atoms with Crippen molar-refractivity contribution >= 4 is 5.97 Å². The Labute approximate surface area is 99.1 Å². The quantitative estimate of drug-likeness (QED) is 0.530. The van der Waals surface area contributed by atoms with E-state index >= 15 is 0 Å². The molecule has 0 saturated heterocycles. The summed E-state index contributed by atoms with van der Waals surface area (Å²) in [7, 11) is 0. The van der Waals surface area contributed by atoms with Crippen LogP contribution in [0.2, 0.25) is 0 Å². The highest BCUT2D eigenvalue weighted by molar-refractivity contribution is 5.81. The molecule has 0 heterocycles. The maximum Gasteiger partial charge on any atom is 0.330 e. The van der Waals surface area contributed by atoms with E-state index in [9.17, 15) is 4.79 Å². The molecule has 0 aromatic rings. The Morgan fingerprint density at radius 3 is 2.44 bits per heavy atom. The number of rotatable bonds is 2. The predicted molar refractivity (Wildman–Crippen MR) is 66.0 cm³/mol. The van der Waals surface area contributed by atoms with Gasteiger partial charge in [0.1, 0.15) is 6.10 Å². The average molecular weight is 224 g/mol. The standard InChI is InChI=1S/C14H24O2/c1-7-13(15)16-12-8-9(2)14(5,6)11(4)10(12)3/h7,9-12H,1,8H2,2-6H3/t9-,10+,11+,12+/m0/s1. The third kappa shape index (κ3) is 2.31. The van der Waals surface area contributed by atoms with Gasteiger partial charge in [-0.15, -0.1) is 0 Å². The van der Waals surface area contributed by atoms with Crippen LogP contribution in [0.4, 0.5) is 0 Å². The Morgan fingerprint density at radius 1 is 1.38 bits per heavy atom. The Hall–Kier alpha value is -0.790. The average Bonchev–Trinajstić information content (AvgIpc) is 2.23. The van der Waals surface area contributed by atoms with Crippen molar-refractivity contribution in [2.45, 2.75) is 47.1 Å². The van der Waals surface area contributed by atoms with Crippen molar-refractivity contribution < 1.29 is 9.53 Å². The molecule has 0 unspecified atom stereocenters. The van der Waals surface area contributed by atoms with Crippen LogP contribution in [0.5, 0.6) is 0 Å². The van der Waals surface area contributed by atoms with Crippen LogP contribution in [0.25, 0.3) is 0 Å². The molecule has 0 radical (unpaired) electrons. The van der Waals surface area contributed by atoms with Gasteiger partial charge in [0.05, 0.1) is 0 Å². The van der Waals surface area contributed by atoms with Gasteiger partial charge in [0, 0.05) is 6.08 Å². The lowest BCUT2D eigenvalue weighted by molar-refractivity contribution is -0.155. The molecule has 0 N–H and O–H groups in total. The second kappa shape index (κ2) is 4.60. The number of hydrogen-bond donors (Lipinski definition) is 0. The minimum Gasteiger partial charge on any atom is -0.459 e. The van der Waals surface area contributed by atoms with Crippen molar-refractivity contribution in [1.82, 2.24) is 0 Å². The van der Waals surface area contributed by atoms with Gasteiger partial charge < -0.3 is 4.74 Å². The highest BCUT2D eigenvalue weighted by Gasteiger charge is 2.44. The van der Waals surface area contributed by atoms with E-state index in [0.717, 1.165) is 6.42 Å². The first-order chi connectivity index (χ1) is 7.30. The Bertz CT molecular complexity index is 280. The van der Waals surface area contributed by atoms with Crippen LogP contribution in [-0.4, -0.2) is 12.1 Å². The molecule has 0 aromatic heterocycles. The zero-order valence-corrected chi connectivity index (χ0v) is 11.1. The van der Waals surface area contributed by atoms with Gasteiger partial charge in [-0.2, -0.15) is 0 Å². The van der Waals surface area contributed by atoms with Gasteiger partial charge in [-0.1, -0.05) is 41.2 Å².